The van der Waals surface area contributed by atoms with Crippen LogP contribution in [0.2, 0.25) is 0 Å². The van der Waals surface area contributed by atoms with Gasteiger partial charge < -0.3 is 9.64 Å². The number of thiophene rings is 1. The molecule has 4 aromatic heterocycles. The van der Waals surface area contributed by atoms with E-state index >= 15 is 0 Å². The molecule has 0 spiro atoms. The molecule has 0 unspecified atom stereocenters. The van der Waals surface area contributed by atoms with Crippen LogP contribution >= 0.6 is 11.3 Å². The average Bonchev–Trinajstić information content (AvgIpc) is 3.34. The number of piperidine rings is 1. The highest BCUT2D eigenvalue weighted by Gasteiger charge is 2.27. The second-order valence-electron chi connectivity index (χ2n) is 7.77. The van der Waals surface area contributed by atoms with E-state index in [4.69, 9.17) is 9.72 Å². The maximum atomic E-state index is 13.0. The molecule has 0 atom stereocenters. The average molecular weight is 452 g/mol. The van der Waals surface area contributed by atoms with Crippen molar-refractivity contribution in [1.82, 2.24) is 24.4 Å². The number of nitrogens with zero attached hydrogens (tertiary/aromatic N) is 4. The van der Waals surface area contributed by atoms with Crippen LogP contribution in [0.1, 0.15) is 18.9 Å². The van der Waals surface area contributed by atoms with Gasteiger partial charge in [-0.25, -0.2) is 9.78 Å². The van der Waals surface area contributed by atoms with Crippen molar-refractivity contribution in [3.63, 3.8) is 0 Å². The molecule has 5 heterocycles. The lowest BCUT2D eigenvalue weighted by Gasteiger charge is -2.33. The lowest BCUT2D eigenvalue weighted by atomic mass is 10.0. The Kier molecular flexibility index (Phi) is 5.32. The Labute approximate surface area is 186 Å². The quantitative estimate of drug-likeness (QED) is 0.476. The van der Waals surface area contributed by atoms with Gasteiger partial charge >= 0.3 is 5.69 Å². The Morgan fingerprint density at radius 2 is 2.06 bits per heavy atom. The van der Waals surface area contributed by atoms with Gasteiger partial charge in [-0.2, -0.15) is 11.3 Å². The van der Waals surface area contributed by atoms with Crippen molar-refractivity contribution >= 4 is 39.2 Å². The SMILES string of the molecule is COCC(=O)N1CCC(n2c(=O)[nH]c(=O)c3cnc4ccc(-c5ccsc5)nc4c32)CC1. The third kappa shape index (κ3) is 3.51. The van der Waals surface area contributed by atoms with E-state index in [0.29, 0.717) is 47.9 Å². The molecule has 9 nitrogen and oxygen atoms in total. The molecule has 1 fully saturated rings. The van der Waals surface area contributed by atoms with Crippen LogP contribution in [0.5, 0.6) is 0 Å². The second-order valence-corrected chi connectivity index (χ2v) is 8.55. The van der Waals surface area contributed by atoms with E-state index in [1.165, 1.54) is 13.3 Å². The van der Waals surface area contributed by atoms with Crippen LogP contribution in [0, 0.1) is 0 Å². The number of amides is 1. The first-order chi connectivity index (χ1) is 15.6. The number of H-pyrrole nitrogens is 1. The number of methoxy groups -OCH3 is 1. The Balaban J connectivity index is 1.65. The number of rotatable bonds is 4. The molecule has 5 rings (SSSR count). The fourth-order valence-corrected chi connectivity index (χ4v) is 4.95. The second kappa shape index (κ2) is 8.29. The summed E-state index contributed by atoms with van der Waals surface area (Å²) < 4.78 is 6.58. The largest absolute Gasteiger partial charge is 0.375 e. The Bertz CT molecular complexity index is 1420. The summed E-state index contributed by atoms with van der Waals surface area (Å²) in [4.78, 5) is 51.1. The molecule has 1 N–H and O–H groups in total. The number of aromatic nitrogens is 4. The normalized spacial score (nSPS) is 15.0. The van der Waals surface area contributed by atoms with E-state index in [0.717, 1.165) is 11.3 Å². The van der Waals surface area contributed by atoms with Crippen molar-refractivity contribution in [2.45, 2.75) is 18.9 Å². The first-order valence-corrected chi connectivity index (χ1v) is 11.2. The van der Waals surface area contributed by atoms with E-state index < -0.39 is 11.2 Å². The van der Waals surface area contributed by atoms with Crippen LogP contribution in [0.15, 0.2) is 44.7 Å². The monoisotopic (exact) mass is 451 g/mol. The van der Waals surface area contributed by atoms with E-state index in [-0.39, 0.29) is 18.6 Å². The standard InChI is InChI=1S/C22H21N5O4S/c1-31-11-18(28)26-7-4-14(5-8-26)27-20-15(21(29)25-22(27)30)10-23-17-3-2-16(24-19(17)20)13-6-9-32-12-13/h2-3,6,9-10,12,14H,4-5,7-8,11H2,1H3,(H,25,29,30). The van der Waals surface area contributed by atoms with E-state index in [1.54, 1.807) is 20.8 Å². The zero-order valence-corrected chi connectivity index (χ0v) is 18.2. The Hall–Kier alpha value is -3.37. The van der Waals surface area contributed by atoms with Crippen LogP contribution in [-0.2, 0) is 9.53 Å². The summed E-state index contributed by atoms with van der Waals surface area (Å²) in [5.74, 6) is -0.0682. The topological polar surface area (TPSA) is 110 Å². The number of ether oxygens (including phenoxy) is 1. The number of carbonyl (C=O) groups is 1. The molecule has 0 bridgehead atoms. The van der Waals surface area contributed by atoms with Gasteiger partial charge in [-0.1, -0.05) is 0 Å². The molecule has 0 radical (unpaired) electrons. The van der Waals surface area contributed by atoms with Gasteiger partial charge in [-0.15, -0.1) is 0 Å². The Morgan fingerprint density at radius 1 is 1.25 bits per heavy atom. The van der Waals surface area contributed by atoms with E-state index in [1.807, 2.05) is 29.0 Å². The summed E-state index contributed by atoms with van der Waals surface area (Å²) in [5.41, 5.74) is 2.40. The van der Waals surface area contributed by atoms with Crippen molar-refractivity contribution in [3.8, 4) is 11.3 Å². The van der Waals surface area contributed by atoms with Gasteiger partial charge in [-0.05, 0) is 36.4 Å². The first-order valence-electron chi connectivity index (χ1n) is 10.3. The number of fused-ring (bicyclic) bond motifs is 3. The number of pyridine rings is 2. The summed E-state index contributed by atoms with van der Waals surface area (Å²) in [5, 5.41) is 4.30. The predicted octanol–water partition coefficient (Wildman–Crippen LogP) is 2.17. The molecule has 0 aromatic carbocycles. The number of hydrogen-bond acceptors (Lipinski definition) is 7. The van der Waals surface area contributed by atoms with Crippen molar-refractivity contribution in [1.29, 1.82) is 0 Å². The van der Waals surface area contributed by atoms with Crippen LogP contribution in [-0.4, -0.2) is 57.1 Å². The van der Waals surface area contributed by atoms with E-state index in [9.17, 15) is 14.4 Å². The maximum absolute atomic E-state index is 13.0. The molecular formula is C22H21N5O4S. The number of hydrogen-bond donors (Lipinski definition) is 1. The van der Waals surface area contributed by atoms with Crippen LogP contribution < -0.4 is 11.2 Å². The third-order valence-corrected chi connectivity index (χ3v) is 6.56. The lowest BCUT2D eigenvalue weighted by Crippen LogP contribution is -2.43. The fourth-order valence-electron chi connectivity index (χ4n) is 4.30. The third-order valence-electron chi connectivity index (χ3n) is 5.88. The van der Waals surface area contributed by atoms with Gasteiger partial charge in [0.15, 0.2) is 0 Å². The molecule has 1 aliphatic heterocycles. The Morgan fingerprint density at radius 3 is 2.78 bits per heavy atom. The molecule has 4 aromatic rings. The molecule has 164 valence electrons. The van der Waals surface area contributed by atoms with Gasteiger partial charge in [0.25, 0.3) is 5.56 Å². The predicted molar refractivity (Wildman–Crippen MR) is 122 cm³/mol. The highest BCUT2D eigenvalue weighted by Crippen LogP contribution is 2.29. The summed E-state index contributed by atoms with van der Waals surface area (Å²) in [6.07, 6.45) is 2.67. The molecule has 1 aliphatic rings. The molecular weight excluding hydrogens is 430 g/mol. The fraction of sp³-hybridized carbons (Fsp3) is 0.318. The number of aromatic amines is 1. The zero-order valence-electron chi connectivity index (χ0n) is 17.4. The minimum Gasteiger partial charge on any atom is -0.375 e. The summed E-state index contributed by atoms with van der Waals surface area (Å²) in [6, 6.07) is 5.55. The van der Waals surface area contributed by atoms with E-state index in [2.05, 4.69) is 9.97 Å². The number of carbonyl (C=O) groups excluding carboxylic acids is 1. The smallest absolute Gasteiger partial charge is 0.329 e. The molecule has 0 aliphatic carbocycles. The van der Waals surface area contributed by atoms with Gasteiger partial charge in [-0.3, -0.25) is 24.1 Å². The highest BCUT2D eigenvalue weighted by molar-refractivity contribution is 7.08. The van der Waals surface area contributed by atoms with Gasteiger partial charge in [0.2, 0.25) is 5.91 Å². The molecule has 1 amide bonds. The summed E-state index contributed by atoms with van der Waals surface area (Å²) in [6.45, 7) is 1.06. The van der Waals surface area contributed by atoms with Gasteiger partial charge in [0.1, 0.15) is 12.1 Å². The molecule has 0 saturated carbocycles. The molecule has 32 heavy (non-hydrogen) atoms. The summed E-state index contributed by atoms with van der Waals surface area (Å²) >= 11 is 1.57. The maximum Gasteiger partial charge on any atom is 0.329 e. The van der Waals surface area contributed by atoms with Crippen molar-refractivity contribution < 1.29 is 9.53 Å². The lowest BCUT2D eigenvalue weighted by molar-refractivity contribution is -0.136. The van der Waals surface area contributed by atoms with Gasteiger partial charge in [0.05, 0.1) is 22.1 Å². The minimum atomic E-state index is -0.480. The molecule has 10 heteroatoms. The van der Waals surface area contributed by atoms with Crippen LogP contribution in [0.25, 0.3) is 33.2 Å². The van der Waals surface area contributed by atoms with Crippen LogP contribution in [0.3, 0.4) is 0 Å². The highest BCUT2D eigenvalue weighted by atomic mass is 32.1. The van der Waals surface area contributed by atoms with Gasteiger partial charge in [0, 0.05) is 43.4 Å². The van der Waals surface area contributed by atoms with Crippen molar-refractivity contribution in [2.24, 2.45) is 0 Å². The van der Waals surface area contributed by atoms with Crippen molar-refractivity contribution in [3.05, 3.63) is 56.0 Å². The van der Waals surface area contributed by atoms with Crippen LogP contribution in [0.4, 0.5) is 0 Å². The zero-order chi connectivity index (χ0) is 22.2. The first kappa shape index (κ1) is 20.5. The molecule has 1 saturated heterocycles. The summed E-state index contributed by atoms with van der Waals surface area (Å²) in [7, 11) is 1.49. The number of nitrogens with one attached hydrogen (secondary N) is 1. The number of likely N-dealkylation sites (tertiary alicyclic amines) is 1. The van der Waals surface area contributed by atoms with Crippen molar-refractivity contribution in [2.75, 3.05) is 26.8 Å². The minimum absolute atomic E-state index is 0.0395.